The van der Waals surface area contributed by atoms with Gasteiger partial charge in [0.1, 0.15) is 5.75 Å². The normalized spacial score (nSPS) is 11.0. The number of hydrogen-bond donors (Lipinski definition) is 1. The van der Waals surface area contributed by atoms with E-state index in [1.807, 2.05) is 49.7 Å². The van der Waals surface area contributed by atoms with E-state index < -0.39 is 0 Å². The number of hydrazone groups is 1. The summed E-state index contributed by atoms with van der Waals surface area (Å²) < 4.78 is 7.26. The maximum Gasteiger partial charge on any atom is 0.271 e. The van der Waals surface area contributed by atoms with Crippen molar-refractivity contribution in [3.8, 4) is 5.75 Å². The van der Waals surface area contributed by atoms with Crippen LogP contribution in [0, 0.1) is 13.8 Å². The molecule has 0 spiro atoms. The van der Waals surface area contributed by atoms with Gasteiger partial charge in [-0.1, -0.05) is 29.8 Å². The SMILES string of the molecule is CCOc1ccc(C(=O)N/N=C\c2c(C)nn(Cc3ccccc3Cl)c2C)cc1. The zero-order valence-corrected chi connectivity index (χ0v) is 17.4. The second kappa shape index (κ2) is 9.39. The zero-order chi connectivity index (χ0) is 20.8. The molecule has 0 aliphatic rings. The van der Waals surface area contributed by atoms with Gasteiger partial charge in [0, 0.05) is 21.8 Å². The molecular weight excluding hydrogens is 388 g/mol. The largest absolute Gasteiger partial charge is 0.494 e. The summed E-state index contributed by atoms with van der Waals surface area (Å²) in [7, 11) is 0. The molecule has 7 heteroatoms. The summed E-state index contributed by atoms with van der Waals surface area (Å²) in [4.78, 5) is 12.3. The third-order valence-electron chi connectivity index (χ3n) is 4.50. The lowest BCUT2D eigenvalue weighted by molar-refractivity contribution is 0.0955. The van der Waals surface area contributed by atoms with E-state index in [1.54, 1.807) is 30.5 Å². The van der Waals surface area contributed by atoms with Crippen LogP contribution in [-0.2, 0) is 6.54 Å². The average molecular weight is 411 g/mol. The van der Waals surface area contributed by atoms with Crippen molar-refractivity contribution in [2.45, 2.75) is 27.3 Å². The van der Waals surface area contributed by atoms with Gasteiger partial charge in [-0.05, 0) is 56.7 Å². The van der Waals surface area contributed by atoms with Crippen molar-refractivity contribution in [1.82, 2.24) is 15.2 Å². The number of ether oxygens (including phenoxy) is 1. The topological polar surface area (TPSA) is 68.5 Å². The molecule has 0 radical (unpaired) electrons. The van der Waals surface area contributed by atoms with Gasteiger partial charge in [0.25, 0.3) is 5.91 Å². The molecular formula is C22H23ClN4O2. The summed E-state index contributed by atoms with van der Waals surface area (Å²) in [5.74, 6) is 0.438. The maximum atomic E-state index is 12.3. The highest BCUT2D eigenvalue weighted by Gasteiger charge is 2.12. The molecule has 1 aromatic heterocycles. The molecule has 0 aliphatic carbocycles. The summed E-state index contributed by atoms with van der Waals surface area (Å²) >= 11 is 6.25. The molecule has 3 aromatic rings. The molecule has 1 heterocycles. The van der Waals surface area contributed by atoms with Crippen LogP contribution < -0.4 is 10.2 Å². The van der Waals surface area contributed by atoms with Crippen LogP contribution in [0.25, 0.3) is 0 Å². The van der Waals surface area contributed by atoms with Crippen molar-refractivity contribution in [2.24, 2.45) is 5.10 Å². The molecule has 1 N–H and O–H groups in total. The van der Waals surface area contributed by atoms with Crippen LogP contribution in [0.15, 0.2) is 53.6 Å². The average Bonchev–Trinajstić information content (AvgIpc) is 2.98. The summed E-state index contributed by atoms with van der Waals surface area (Å²) in [6.45, 7) is 6.94. The Hall–Kier alpha value is -3.12. The Morgan fingerprint density at radius 2 is 1.93 bits per heavy atom. The molecule has 0 atom stereocenters. The molecule has 1 amide bonds. The second-order valence-electron chi connectivity index (χ2n) is 6.49. The number of rotatable bonds is 7. The monoisotopic (exact) mass is 410 g/mol. The van der Waals surface area contributed by atoms with E-state index in [2.05, 4.69) is 15.6 Å². The first-order valence-corrected chi connectivity index (χ1v) is 9.71. The van der Waals surface area contributed by atoms with E-state index in [4.69, 9.17) is 16.3 Å². The molecule has 0 saturated carbocycles. The zero-order valence-electron chi connectivity index (χ0n) is 16.6. The lowest BCUT2D eigenvalue weighted by Gasteiger charge is -2.06. The van der Waals surface area contributed by atoms with Crippen LogP contribution >= 0.6 is 11.6 Å². The number of carbonyl (C=O) groups is 1. The van der Waals surface area contributed by atoms with Crippen molar-refractivity contribution in [3.05, 3.63) is 81.6 Å². The number of amides is 1. The first-order valence-electron chi connectivity index (χ1n) is 9.33. The third-order valence-corrected chi connectivity index (χ3v) is 4.87. The highest BCUT2D eigenvalue weighted by atomic mass is 35.5. The Bertz CT molecular complexity index is 1030. The van der Waals surface area contributed by atoms with E-state index >= 15 is 0 Å². The Morgan fingerprint density at radius 3 is 2.62 bits per heavy atom. The number of hydrogen-bond acceptors (Lipinski definition) is 4. The van der Waals surface area contributed by atoms with Gasteiger partial charge < -0.3 is 4.74 Å². The number of carbonyl (C=O) groups excluding carboxylic acids is 1. The minimum atomic E-state index is -0.289. The molecule has 0 unspecified atom stereocenters. The van der Waals surface area contributed by atoms with Gasteiger partial charge >= 0.3 is 0 Å². The van der Waals surface area contributed by atoms with E-state index in [1.165, 1.54) is 0 Å². The van der Waals surface area contributed by atoms with E-state index in [0.717, 1.165) is 28.3 Å². The molecule has 29 heavy (non-hydrogen) atoms. The van der Waals surface area contributed by atoms with Gasteiger partial charge in [-0.2, -0.15) is 10.2 Å². The lowest BCUT2D eigenvalue weighted by atomic mass is 10.2. The molecule has 0 aliphatic heterocycles. The van der Waals surface area contributed by atoms with Crippen LogP contribution in [0.4, 0.5) is 0 Å². The van der Waals surface area contributed by atoms with Crippen LogP contribution in [-0.4, -0.2) is 28.5 Å². The van der Waals surface area contributed by atoms with Gasteiger partial charge in [0.2, 0.25) is 0 Å². The van der Waals surface area contributed by atoms with Crippen molar-refractivity contribution in [1.29, 1.82) is 0 Å². The Morgan fingerprint density at radius 1 is 1.21 bits per heavy atom. The Kier molecular flexibility index (Phi) is 6.67. The van der Waals surface area contributed by atoms with Gasteiger partial charge in [-0.3, -0.25) is 9.48 Å². The predicted molar refractivity (Wildman–Crippen MR) is 115 cm³/mol. The fraction of sp³-hybridized carbons (Fsp3) is 0.227. The van der Waals surface area contributed by atoms with Crippen molar-refractivity contribution >= 4 is 23.7 Å². The fourth-order valence-electron chi connectivity index (χ4n) is 2.93. The van der Waals surface area contributed by atoms with E-state index in [0.29, 0.717) is 23.7 Å². The molecule has 6 nitrogen and oxygen atoms in total. The van der Waals surface area contributed by atoms with Gasteiger partial charge in [-0.25, -0.2) is 5.43 Å². The Balaban J connectivity index is 1.68. The van der Waals surface area contributed by atoms with Gasteiger partial charge in [-0.15, -0.1) is 0 Å². The summed E-state index contributed by atoms with van der Waals surface area (Å²) in [6.07, 6.45) is 1.62. The van der Waals surface area contributed by atoms with Crippen molar-refractivity contribution < 1.29 is 9.53 Å². The summed E-state index contributed by atoms with van der Waals surface area (Å²) in [5.41, 5.74) is 6.69. The standard InChI is InChI=1S/C22H23ClN4O2/c1-4-29-19-11-9-17(10-12-19)22(28)25-24-13-20-15(2)26-27(16(20)3)14-18-7-5-6-8-21(18)23/h5-13H,4,14H2,1-3H3,(H,25,28)/b24-13-. The number of nitrogens with zero attached hydrogens (tertiary/aromatic N) is 3. The van der Waals surface area contributed by atoms with Crippen LogP contribution in [0.5, 0.6) is 5.75 Å². The molecule has 0 bridgehead atoms. The minimum absolute atomic E-state index is 0.289. The first kappa shape index (κ1) is 20.6. The van der Waals surface area contributed by atoms with Gasteiger partial charge in [0.05, 0.1) is 25.1 Å². The van der Waals surface area contributed by atoms with Crippen molar-refractivity contribution in [3.63, 3.8) is 0 Å². The van der Waals surface area contributed by atoms with Crippen LogP contribution in [0.3, 0.4) is 0 Å². The van der Waals surface area contributed by atoms with Crippen molar-refractivity contribution in [2.75, 3.05) is 6.61 Å². The molecule has 150 valence electrons. The maximum absolute atomic E-state index is 12.3. The minimum Gasteiger partial charge on any atom is -0.494 e. The predicted octanol–water partition coefficient (Wildman–Crippen LogP) is 4.36. The van der Waals surface area contributed by atoms with E-state index in [9.17, 15) is 4.79 Å². The Labute approximate surface area is 175 Å². The third kappa shape index (κ3) is 5.03. The highest BCUT2D eigenvalue weighted by Crippen LogP contribution is 2.18. The summed E-state index contributed by atoms with van der Waals surface area (Å²) in [5, 5.41) is 9.38. The lowest BCUT2D eigenvalue weighted by Crippen LogP contribution is -2.17. The van der Waals surface area contributed by atoms with Gasteiger partial charge in [0.15, 0.2) is 0 Å². The number of aromatic nitrogens is 2. The highest BCUT2D eigenvalue weighted by molar-refractivity contribution is 6.31. The number of halogens is 1. The number of nitrogens with one attached hydrogen (secondary N) is 1. The number of aryl methyl sites for hydroxylation is 1. The van der Waals surface area contributed by atoms with Crippen LogP contribution in [0.2, 0.25) is 5.02 Å². The molecule has 2 aromatic carbocycles. The molecule has 3 rings (SSSR count). The fourth-order valence-corrected chi connectivity index (χ4v) is 3.12. The first-order chi connectivity index (χ1) is 14.0. The molecule has 0 fully saturated rings. The summed E-state index contributed by atoms with van der Waals surface area (Å²) in [6, 6.07) is 14.6. The van der Waals surface area contributed by atoms with Crippen LogP contribution in [0.1, 0.15) is 39.8 Å². The number of benzene rings is 2. The molecule has 0 saturated heterocycles. The smallest absolute Gasteiger partial charge is 0.271 e. The van der Waals surface area contributed by atoms with E-state index in [-0.39, 0.29) is 5.91 Å². The second-order valence-corrected chi connectivity index (χ2v) is 6.90. The quantitative estimate of drug-likeness (QED) is 0.464.